The molecule has 1 amide bonds. The van der Waals surface area contributed by atoms with Gasteiger partial charge in [0.1, 0.15) is 11.6 Å². The number of rotatable bonds is 6. The molecule has 1 N–H and O–H groups in total. The third-order valence-electron chi connectivity index (χ3n) is 2.83. The highest BCUT2D eigenvalue weighted by Gasteiger charge is 2.16. The summed E-state index contributed by atoms with van der Waals surface area (Å²) < 4.78 is 61.6. The van der Waals surface area contributed by atoms with Crippen molar-refractivity contribution in [3.8, 4) is 5.75 Å². The molecule has 0 radical (unpaired) electrons. The van der Waals surface area contributed by atoms with E-state index in [9.17, 15) is 27.2 Å². The molecule has 0 atom stereocenters. The molecule has 0 heterocycles. The summed E-state index contributed by atoms with van der Waals surface area (Å²) in [6, 6.07) is 6.47. The SMILES string of the molecule is O=C(COC(=O)COc1cccc(F)c1)Nc1ccc(F)c(F)c1F. The Bertz CT molecular complexity index is 798. The van der Waals surface area contributed by atoms with Gasteiger partial charge >= 0.3 is 5.97 Å². The lowest BCUT2D eigenvalue weighted by molar-refractivity contribution is -0.149. The largest absolute Gasteiger partial charge is 0.482 e. The van der Waals surface area contributed by atoms with Crippen molar-refractivity contribution in [2.24, 2.45) is 0 Å². The van der Waals surface area contributed by atoms with Crippen LogP contribution in [0, 0.1) is 23.3 Å². The first-order valence-corrected chi connectivity index (χ1v) is 6.84. The lowest BCUT2D eigenvalue weighted by Crippen LogP contribution is -2.24. The topological polar surface area (TPSA) is 64.6 Å². The molecule has 0 aliphatic heterocycles. The number of anilines is 1. The monoisotopic (exact) mass is 357 g/mol. The van der Waals surface area contributed by atoms with Gasteiger partial charge in [0.15, 0.2) is 30.7 Å². The standard InChI is InChI=1S/C16H11F4NO4/c17-9-2-1-3-10(6-9)24-8-14(23)25-7-13(22)21-12-5-4-11(18)15(19)16(12)20/h1-6H,7-8H2,(H,21,22). The van der Waals surface area contributed by atoms with Gasteiger partial charge in [0.25, 0.3) is 5.91 Å². The Morgan fingerprint density at radius 2 is 1.72 bits per heavy atom. The first-order valence-electron chi connectivity index (χ1n) is 6.84. The molecular formula is C16H11F4NO4. The Balaban J connectivity index is 1.80. The van der Waals surface area contributed by atoms with E-state index in [0.717, 1.165) is 12.1 Å². The molecule has 25 heavy (non-hydrogen) atoms. The van der Waals surface area contributed by atoms with Gasteiger partial charge < -0.3 is 14.8 Å². The van der Waals surface area contributed by atoms with Gasteiger partial charge in [-0.15, -0.1) is 0 Å². The van der Waals surface area contributed by atoms with Crippen molar-refractivity contribution >= 4 is 17.6 Å². The number of hydrogen-bond donors (Lipinski definition) is 1. The minimum atomic E-state index is -1.74. The summed E-state index contributed by atoms with van der Waals surface area (Å²) in [4.78, 5) is 22.9. The molecule has 2 rings (SSSR count). The predicted molar refractivity (Wildman–Crippen MR) is 77.8 cm³/mol. The molecule has 0 aromatic heterocycles. The number of amides is 1. The van der Waals surface area contributed by atoms with Gasteiger partial charge in [-0.1, -0.05) is 6.07 Å². The number of nitrogens with one attached hydrogen (secondary N) is 1. The average Bonchev–Trinajstić information content (AvgIpc) is 2.59. The Morgan fingerprint density at radius 3 is 2.44 bits per heavy atom. The van der Waals surface area contributed by atoms with E-state index in [2.05, 4.69) is 4.74 Å². The Kier molecular flexibility index (Phi) is 5.93. The molecule has 0 saturated heterocycles. The van der Waals surface area contributed by atoms with Crippen molar-refractivity contribution in [2.45, 2.75) is 0 Å². The summed E-state index contributed by atoms with van der Waals surface area (Å²) in [6.45, 7) is -1.39. The maximum absolute atomic E-state index is 13.4. The second-order valence-corrected chi connectivity index (χ2v) is 4.68. The number of ether oxygens (including phenoxy) is 2. The van der Waals surface area contributed by atoms with Crippen LogP contribution < -0.4 is 10.1 Å². The van der Waals surface area contributed by atoms with Crippen LogP contribution in [0.15, 0.2) is 36.4 Å². The molecule has 9 heteroatoms. The molecule has 0 fully saturated rings. The first kappa shape index (κ1) is 18.2. The fraction of sp³-hybridized carbons (Fsp3) is 0.125. The summed E-state index contributed by atoms with van der Waals surface area (Å²) in [5.74, 6) is -7.10. The fourth-order valence-electron chi connectivity index (χ4n) is 1.70. The zero-order valence-corrected chi connectivity index (χ0v) is 12.5. The van der Waals surface area contributed by atoms with Crippen molar-refractivity contribution in [2.75, 3.05) is 18.5 Å². The molecule has 0 bridgehead atoms. The highest BCUT2D eigenvalue weighted by Crippen LogP contribution is 2.19. The molecule has 2 aromatic carbocycles. The van der Waals surface area contributed by atoms with Crippen LogP contribution in [0.1, 0.15) is 0 Å². The lowest BCUT2D eigenvalue weighted by Gasteiger charge is -2.09. The van der Waals surface area contributed by atoms with Crippen molar-refractivity contribution in [1.29, 1.82) is 0 Å². The molecule has 132 valence electrons. The fourth-order valence-corrected chi connectivity index (χ4v) is 1.70. The van der Waals surface area contributed by atoms with Crippen LogP contribution in [-0.2, 0) is 14.3 Å². The number of hydrogen-bond acceptors (Lipinski definition) is 4. The van der Waals surface area contributed by atoms with E-state index in [4.69, 9.17) is 4.74 Å². The van der Waals surface area contributed by atoms with E-state index in [-0.39, 0.29) is 5.75 Å². The number of carbonyl (C=O) groups is 2. The normalized spacial score (nSPS) is 10.2. The molecule has 0 saturated carbocycles. The van der Waals surface area contributed by atoms with Gasteiger partial charge in [0, 0.05) is 6.07 Å². The second-order valence-electron chi connectivity index (χ2n) is 4.68. The minimum absolute atomic E-state index is 0.0882. The van der Waals surface area contributed by atoms with Gasteiger partial charge in [0.2, 0.25) is 0 Å². The number of halogens is 4. The van der Waals surface area contributed by atoms with Crippen LogP contribution in [-0.4, -0.2) is 25.1 Å². The zero-order valence-electron chi connectivity index (χ0n) is 12.5. The second kappa shape index (κ2) is 8.13. The number of benzene rings is 2. The summed E-state index contributed by atoms with van der Waals surface area (Å²) in [6.07, 6.45) is 0. The van der Waals surface area contributed by atoms with Crippen LogP contribution in [0.2, 0.25) is 0 Å². The van der Waals surface area contributed by atoms with Crippen LogP contribution in [0.3, 0.4) is 0 Å². The third-order valence-corrected chi connectivity index (χ3v) is 2.83. The van der Waals surface area contributed by atoms with Crippen molar-refractivity contribution in [3.05, 3.63) is 59.7 Å². The van der Waals surface area contributed by atoms with Crippen LogP contribution in [0.25, 0.3) is 0 Å². The quantitative estimate of drug-likeness (QED) is 0.491. The molecule has 0 spiro atoms. The van der Waals surface area contributed by atoms with Gasteiger partial charge in [-0.3, -0.25) is 4.79 Å². The highest BCUT2D eigenvalue weighted by molar-refractivity contribution is 5.93. The number of carbonyl (C=O) groups excluding carboxylic acids is 2. The maximum Gasteiger partial charge on any atom is 0.344 e. The maximum atomic E-state index is 13.4. The molecular weight excluding hydrogens is 346 g/mol. The molecule has 5 nitrogen and oxygen atoms in total. The average molecular weight is 357 g/mol. The van der Waals surface area contributed by atoms with Crippen LogP contribution >= 0.6 is 0 Å². The molecule has 0 aliphatic carbocycles. The predicted octanol–water partition coefficient (Wildman–Crippen LogP) is 2.80. The third kappa shape index (κ3) is 5.20. The van der Waals surface area contributed by atoms with Gasteiger partial charge in [-0.2, -0.15) is 0 Å². The summed E-state index contributed by atoms with van der Waals surface area (Å²) in [5, 5.41) is 1.93. The van der Waals surface area contributed by atoms with Gasteiger partial charge in [-0.25, -0.2) is 22.4 Å². The van der Waals surface area contributed by atoms with Crippen molar-refractivity contribution in [1.82, 2.24) is 0 Å². The Labute approximate surface area is 139 Å². The minimum Gasteiger partial charge on any atom is -0.482 e. The highest BCUT2D eigenvalue weighted by atomic mass is 19.2. The van der Waals surface area contributed by atoms with E-state index in [1.807, 2.05) is 5.32 Å². The Morgan fingerprint density at radius 1 is 0.960 bits per heavy atom. The summed E-state index contributed by atoms with van der Waals surface area (Å²) in [5.41, 5.74) is -0.601. The van der Waals surface area contributed by atoms with E-state index in [1.54, 1.807) is 0 Å². The van der Waals surface area contributed by atoms with E-state index < -0.39 is 54.0 Å². The number of esters is 1. The van der Waals surface area contributed by atoms with Crippen LogP contribution in [0.4, 0.5) is 23.2 Å². The summed E-state index contributed by atoms with van der Waals surface area (Å²) in [7, 11) is 0. The molecule has 0 unspecified atom stereocenters. The van der Waals surface area contributed by atoms with E-state index >= 15 is 0 Å². The molecule has 2 aromatic rings. The first-order chi connectivity index (χ1) is 11.9. The molecule has 0 aliphatic rings. The van der Waals surface area contributed by atoms with Crippen molar-refractivity contribution < 1.29 is 36.6 Å². The summed E-state index contributed by atoms with van der Waals surface area (Å²) >= 11 is 0. The smallest absolute Gasteiger partial charge is 0.344 e. The zero-order chi connectivity index (χ0) is 18.4. The lowest BCUT2D eigenvalue weighted by atomic mass is 10.3. The van der Waals surface area contributed by atoms with Crippen LogP contribution in [0.5, 0.6) is 5.75 Å². The van der Waals surface area contributed by atoms with E-state index in [1.165, 1.54) is 18.2 Å². The van der Waals surface area contributed by atoms with Gasteiger partial charge in [0.05, 0.1) is 5.69 Å². The van der Waals surface area contributed by atoms with Gasteiger partial charge in [-0.05, 0) is 24.3 Å². The Hall–Kier alpha value is -3.10. The van der Waals surface area contributed by atoms with Crippen molar-refractivity contribution in [3.63, 3.8) is 0 Å². The van der Waals surface area contributed by atoms with E-state index in [0.29, 0.717) is 6.07 Å².